The van der Waals surface area contributed by atoms with Crippen molar-refractivity contribution in [2.24, 2.45) is 5.92 Å². The van der Waals surface area contributed by atoms with Crippen molar-refractivity contribution in [2.45, 2.75) is 13.8 Å². The topological polar surface area (TPSA) is 119 Å². The molecule has 0 fully saturated rings. The number of amides is 3. The molecule has 0 aromatic heterocycles. The Balaban J connectivity index is 1.46. The van der Waals surface area contributed by atoms with E-state index in [1.807, 2.05) is 13.8 Å². The van der Waals surface area contributed by atoms with Crippen LogP contribution in [0.5, 0.6) is 0 Å². The van der Waals surface area contributed by atoms with Crippen molar-refractivity contribution >= 4 is 35.3 Å². The summed E-state index contributed by atoms with van der Waals surface area (Å²) >= 11 is 0. The van der Waals surface area contributed by atoms with Gasteiger partial charge in [0.25, 0.3) is 17.7 Å². The van der Waals surface area contributed by atoms with Crippen LogP contribution < -0.4 is 5.32 Å². The molecule has 1 N–H and O–H groups in total. The third-order valence-corrected chi connectivity index (χ3v) is 4.48. The number of ether oxygens (including phenoxy) is 2. The predicted octanol–water partition coefficient (Wildman–Crippen LogP) is 2.28. The number of imide groups is 1. The molecule has 0 bridgehead atoms. The van der Waals surface area contributed by atoms with Crippen LogP contribution in [-0.4, -0.2) is 54.3 Å². The highest BCUT2D eigenvalue weighted by molar-refractivity contribution is 6.22. The standard InChI is InChI=1S/C23H22N2O7/c1-14(2)12-32-23(30)15-7-9-16(10-8-15)24-19(26)13-31-20(27)11-25-21(28)17-5-3-4-6-18(17)22(25)29/h3-10,14H,11-13H2,1-2H3,(H,24,26). The third-order valence-electron chi connectivity index (χ3n) is 4.48. The molecule has 0 saturated carbocycles. The van der Waals surface area contributed by atoms with Crippen LogP contribution in [0.15, 0.2) is 48.5 Å². The van der Waals surface area contributed by atoms with Gasteiger partial charge in [0.05, 0.1) is 23.3 Å². The molecule has 3 amide bonds. The van der Waals surface area contributed by atoms with Gasteiger partial charge in [0.1, 0.15) is 6.54 Å². The number of carbonyl (C=O) groups excluding carboxylic acids is 5. The molecule has 0 saturated heterocycles. The average Bonchev–Trinajstić information content (AvgIpc) is 3.01. The first-order valence-corrected chi connectivity index (χ1v) is 9.94. The summed E-state index contributed by atoms with van der Waals surface area (Å²) in [5, 5.41) is 2.52. The second-order valence-corrected chi connectivity index (χ2v) is 7.52. The van der Waals surface area contributed by atoms with Crippen molar-refractivity contribution < 1.29 is 33.4 Å². The number of nitrogens with zero attached hydrogens (tertiary/aromatic N) is 1. The summed E-state index contributed by atoms with van der Waals surface area (Å²) < 4.78 is 10.0. The minimum absolute atomic E-state index is 0.220. The van der Waals surface area contributed by atoms with E-state index in [0.717, 1.165) is 4.90 Å². The summed E-state index contributed by atoms with van der Waals surface area (Å²) in [7, 11) is 0. The monoisotopic (exact) mass is 438 g/mol. The zero-order valence-electron chi connectivity index (χ0n) is 17.6. The number of esters is 2. The summed E-state index contributed by atoms with van der Waals surface area (Å²) in [6, 6.07) is 12.3. The van der Waals surface area contributed by atoms with Crippen LogP contribution in [-0.2, 0) is 19.1 Å². The number of benzene rings is 2. The Bertz CT molecular complexity index is 1030. The van der Waals surface area contributed by atoms with Crippen LogP contribution in [0, 0.1) is 5.92 Å². The lowest BCUT2D eigenvalue weighted by Crippen LogP contribution is -2.36. The predicted molar refractivity (Wildman–Crippen MR) is 113 cm³/mol. The van der Waals surface area contributed by atoms with Crippen LogP contribution in [0.3, 0.4) is 0 Å². The van der Waals surface area contributed by atoms with Crippen molar-refractivity contribution in [3.05, 3.63) is 65.2 Å². The third kappa shape index (κ3) is 5.37. The number of nitrogens with one attached hydrogen (secondary N) is 1. The van der Waals surface area contributed by atoms with Gasteiger partial charge in [-0.05, 0) is 42.3 Å². The molecule has 2 aromatic carbocycles. The maximum atomic E-state index is 12.3. The first-order chi connectivity index (χ1) is 15.3. The molecule has 0 unspecified atom stereocenters. The molecule has 1 aliphatic heterocycles. The summed E-state index contributed by atoms with van der Waals surface area (Å²) in [5.41, 5.74) is 1.18. The normalized spacial score (nSPS) is 12.5. The minimum Gasteiger partial charge on any atom is -0.462 e. The second kappa shape index (κ2) is 9.86. The Labute approximate surface area is 184 Å². The second-order valence-electron chi connectivity index (χ2n) is 7.52. The van der Waals surface area contributed by atoms with E-state index >= 15 is 0 Å². The van der Waals surface area contributed by atoms with E-state index in [-0.39, 0.29) is 17.0 Å². The van der Waals surface area contributed by atoms with Gasteiger partial charge in [-0.15, -0.1) is 0 Å². The number of carbonyl (C=O) groups is 5. The van der Waals surface area contributed by atoms with Gasteiger partial charge in [0.15, 0.2) is 6.61 Å². The zero-order chi connectivity index (χ0) is 23.3. The van der Waals surface area contributed by atoms with E-state index in [0.29, 0.717) is 17.9 Å². The Morgan fingerprint density at radius 2 is 1.50 bits per heavy atom. The largest absolute Gasteiger partial charge is 0.462 e. The molecule has 0 spiro atoms. The molecule has 1 heterocycles. The van der Waals surface area contributed by atoms with E-state index in [1.165, 1.54) is 36.4 Å². The quantitative estimate of drug-likeness (QED) is 0.496. The molecule has 3 rings (SSSR count). The summed E-state index contributed by atoms with van der Waals surface area (Å²) in [6.45, 7) is 2.98. The van der Waals surface area contributed by atoms with E-state index in [2.05, 4.69) is 5.32 Å². The highest BCUT2D eigenvalue weighted by Crippen LogP contribution is 2.22. The minimum atomic E-state index is -0.891. The molecule has 2 aromatic rings. The van der Waals surface area contributed by atoms with E-state index in [9.17, 15) is 24.0 Å². The lowest BCUT2D eigenvalue weighted by atomic mass is 10.1. The molecule has 166 valence electrons. The molecule has 32 heavy (non-hydrogen) atoms. The Hall–Kier alpha value is -4.01. The van der Waals surface area contributed by atoms with E-state index in [1.54, 1.807) is 12.1 Å². The lowest BCUT2D eigenvalue weighted by Gasteiger charge is -2.13. The van der Waals surface area contributed by atoms with Gasteiger partial charge in [-0.25, -0.2) is 4.79 Å². The highest BCUT2D eigenvalue weighted by Gasteiger charge is 2.36. The fraction of sp³-hybridized carbons (Fsp3) is 0.261. The maximum Gasteiger partial charge on any atom is 0.338 e. The number of hydrogen-bond donors (Lipinski definition) is 1. The highest BCUT2D eigenvalue weighted by atomic mass is 16.5. The summed E-state index contributed by atoms with van der Waals surface area (Å²) in [4.78, 5) is 61.3. The molecule has 9 heteroatoms. The van der Waals surface area contributed by atoms with E-state index < -0.39 is 42.8 Å². The van der Waals surface area contributed by atoms with Crippen molar-refractivity contribution in [1.82, 2.24) is 4.90 Å². The smallest absolute Gasteiger partial charge is 0.338 e. The molecule has 0 aliphatic carbocycles. The molecular weight excluding hydrogens is 416 g/mol. The summed E-state index contributed by atoms with van der Waals surface area (Å²) in [6.07, 6.45) is 0. The zero-order valence-corrected chi connectivity index (χ0v) is 17.6. The van der Waals surface area contributed by atoms with Gasteiger partial charge >= 0.3 is 11.9 Å². The van der Waals surface area contributed by atoms with Crippen molar-refractivity contribution in [2.75, 3.05) is 25.1 Å². The van der Waals surface area contributed by atoms with Crippen LogP contribution in [0.25, 0.3) is 0 Å². The summed E-state index contributed by atoms with van der Waals surface area (Å²) in [5.74, 6) is -2.91. The van der Waals surface area contributed by atoms with E-state index in [4.69, 9.17) is 9.47 Å². The van der Waals surface area contributed by atoms with Gasteiger partial charge in [-0.2, -0.15) is 0 Å². The SMILES string of the molecule is CC(C)COC(=O)c1ccc(NC(=O)COC(=O)CN2C(=O)c3ccccc3C2=O)cc1. The number of anilines is 1. The van der Waals surface area contributed by atoms with Crippen molar-refractivity contribution in [3.8, 4) is 0 Å². The van der Waals surface area contributed by atoms with Crippen LogP contribution in [0.2, 0.25) is 0 Å². The lowest BCUT2D eigenvalue weighted by molar-refractivity contribution is -0.147. The Kier molecular flexibility index (Phi) is 6.99. The Morgan fingerprint density at radius 1 is 0.906 bits per heavy atom. The molecular formula is C23H22N2O7. The Morgan fingerprint density at radius 3 is 2.06 bits per heavy atom. The number of hydrogen-bond acceptors (Lipinski definition) is 7. The van der Waals surface area contributed by atoms with Crippen LogP contribution in [0.1, 0.15) is 44.9 Å². The first kappa shape index (κ1) is 22.7. The molecule has 0 radical (unpaired) electrons. The molecule has 9 nitrogen and oxygen atoms in total. The van der Waals surface area contributed by atoms with Gasteiger partial charge in [-0.3, -0.25) is 24.1 Å². The van der Waals surface area contributed by atoms with Crippen LogP contribution in [0.4, 0.5) is 5.69 Å². The first-order valence-electron chi connectivity index (χ1n) is 9.94. The number of fused-ring (bicyclic) bond motifs is 1. The van der Waals surface area contributed by atoms with Crippen molar-refractivity contribution in [3.63, 3.8) is 0 Å². The van der Waals surface area contributed by atoms with Gasteiger partial charge in [0.2, 0.25) is 0 Å². The molecule has 0 atom stereocenters. The fourth-order valence-corrected chi connectivity index (χ4v) is 2.92. The van der Waals surface area contributed by atoms with Crippen LogP contribution >= 0.6 is 0 Å². The fourth-order valence-electron chi connectivity index (χ4n) is 2.92. The van der Waals surface area contributed by atoms with Gasteiger partial charge in [0, 0.05) is 5.69 Å². The maximum absolute atomic E-state index is 12.3. The van der Waals surface area contributed by atoms with Gasteiger partial charge < -0.3 is 14.8 Å². The molecule has 1 aliphatic rings. The average molecular weight is 438 g/mol. The van der Waals surface area contributed by atoms with Gasteiger partial charge in [-0.1, -0.05) is 26.0 Å². The number of rotatable bonds is 8. The van der Waals surface area contributed by atoms with Crippen molar-refractivity contribution in [1.29, 1.82) is 0 Å².